The van der Waals surface area contributed by atoms with E-state index in [1.165, 1.54) is 6.07 Å². The monoisotopic (exact) mass is 459 g/mol. The molecule has 0 unspecified atom stereocenters. The number of methoxy groups -OCH3 is 1. The van der Waals surface area contributed by atoms with Crippen molar-refractivity contribution in [2.75, 3.05) is 20.8 Å². The van der Waals surface area contributed by atoms with Gasteiger partial charge >= 0.3 is 5.63 Å². The molecule has 1 heterocycles. The minimum Gasteiger partial charge on any atom is -0.493 e. The molecule has 34 heavy (non-hydrogen) atoms. The van der Waals surface area contributed by atoms with Crippen LogP contribution in [0.2, 0.25) is 0 Å². The van der Waals surface area contributed by atoms with Crippen LogP contribution in [0.3, 0.4) is 0 Å². The second kappa shape index (κ2) is 10.6. The van der Waals surface area contributed by atoms with Crippen LogP contribution in [0.25, 0.3) is 11.0 Å². The molecule has 0 aliphatic rings. The van der Waals surface area contributed by atoms with E-state index in [1.54, 1.807) is 43.3 Å². The highest BCUT2D eigenvalue weighted by atomic mass is 16.5. The number of nitrogens with zero attached hydrogens (tertiary/aromatic N) is 1. The fraction of sp³-hybridized carbons (Fsp3) is 0.185. The highest BCUT2D eigenvalue weighted by Gasteiger charge is 2.13. The number of likely N-dealkylation sites (N-methyl/N-ethyl adjacent to an activating group) is 1. The number of carbonyl (C=O) groups excluding carboxylic acids is 1. The molecule has 174 valence electrons. The first-order valence-electron chi connectivity index (χ1n) is 10.8. The van der Waals surface area contributed by atoms with E-state index in [1.807, 2.05) is 48.5 Å². The molecular weight excluding hydrogens is 434 g/mol. The van der Waals surface area contributed by atoms with Crippen molar-refractivity contribution in [1.29, 1.82) is 0 Å². The number of carbonyl (C=O) groups is 1. The molecule has 0 fully saturated rings. The largest absolute Gasteiger partial charge is 0.493 e. The topological polar surface area (TPSA) is 78.2 Å². The maximum atomic E-state index is 12.6. The Kier molecular flexibility index (Phi) is 7.13. The van der Waals surface area contributed by atoms with Crippen molar-refractivity contribution in [2.24, 2.45) is 0 Å². The Morgan fingerprint density at radius 2 is 1.68 bits per heavy atom. The summed E-state index contributed by atoms with van der Waals surface area (Å²) in [6, 6.07) is 23.6. The summed E-state index contributed by atoms with van der Waals surface area (Å²) in [7, 11) is 3.29. The van der Waals surface area contributed by atoms with Gasteiger partial charge < -0.3 is 23.5 Å². The summed E-state index contributed by atoms with van der Waals surface area (Å²) in [4.78, 5) is 25.6. The molecular formula is C27H25NO6. The Balaban J connectivity index is 1.34. The Hall–Kier alpha value is -4.26. The van der Waals surface area contributed by atoms with E-state index < -0.39 is 5.63 Å². The van der Waals surface area contributed by atoms with Gasteiger partial charge in [-0.15, -0.1) is 0 Å². The first-order chi connectivity index (χ1) is 16.5. The standard InChI is InChI=1S/C27H25NO6/c1-28(26(29)18-32-22-11-9-21-10-13-27(30)34-24(21)15-22)16-20-8-12-23(25(14-20)31-2)33-17-19-6-4-3-5-7-19/h3-15H,16-18H2,1-2H3. The molecule has 7 nitrogen and oxygen atoms in total. The zero-order valence-corrected chi connectivity index (χ0v) is 19.0. The smallest absolute Gasteiger partial charge is 0.336 e. The van der Waals surface area contributed by atoms with Crippen LogP contribution in [0.1, 0.15) is 11.1 Å². The Bertz CT molecular complexity index is 1330. The van der Waals surface area contributed by atoms with Crippen molar-refractivity contribution in [3.05, 3.63) is 100 Å². The average Bonchev–Trinajstić information content (AvgIpc) is 2.86. The van der Waals surface area contributed by atoms with Gasteiger partial charge in [-0.25, -0.2) is 4.79 Å². The van der Waals surface area contributed by atoms with E-state index in [-0.39, 0.29) is 12.5 Å². The van der Waals surface area contributed by atoms with Gasteiger partial charge in [0.15, 0.2) is 18.1 Å². The minimum atomic E-state index is -0.438. The summed E-state index contributed by atoms with van der Waals surface area (Å²) >= 11 is 0. The summed E-state index contributed by atoms with van der Waals surface area (Å²) in [6.07, 6.45) is 0. The molecule has 1 amide bonds. The van der Waals surface area contributed by atoms with Gasteiger partial charge in [-0.1, -0.05) is 36.4 Å². The number of hydrogen-bond donors (Lipinski definition) is 0. The van der Waals surface area contributed by atoms with Crippen molar-refractivity contribution in [3.63, 3.8) is 0 Å². The molecule has 0 saturated heterocycles. The Morgan fingerprint density at radius 3 is 2.47 bits per heavy atom. The predicted molar refractivity (Wildman–Crippen MR) is 128 cm³/mol. The highest BCUT2D eigenvalue weighted by Crippen LogP contribution is 2.29. The summed E-state index contributed by atoms with van der Waals surface area (Å²) in [5.41, 5.74) is 1.93. The first-order valence-corrected chi connectivity index (χ1v) is 10.8. The number of rotatable bonds is 9. The number of amides is 1. The average molecular weight is 459 g/mol. The van der Waals surface area contributed by atoms with Gasteiger partial charge in [-0.05, 0) is 41.5 Å². The molecule has 1 aromatic heterocycles. The van der Waals surface area contributed by atoms with Crippen LogP contribution in [0.15, 0.2) is 88.1 Å². The van der Waals surface area contributed by atoms with Crippen LogP contribution in [0, 0.1) is 0 Å². The maximum Gasteiger partial charge on any atom is 0.336 e. The van der Waals surface area contributed by atoms with Crippen LogP contribution in [0.5, 0.6) is 17.2 Å². The highest BCUT2D eigenvalue weighted by molar-refractivity contribution is 5.79. The quantitative estimate of drug-likeness (QED) is 0.345. The lowest BCUT2D eigenvalue weighted by molar-refractivity contribution is -0.132. The van der Waals surface area contributed by atoms with Gasteiger partial charge in [0.05, 0.1) is 7.11 Å². The van der Waals surface area contributed by atoms with E-state index in [0.717, 1.165) is 16.5 Å². The molecule has 4 aromatic rings. The summed E-state index contributed by atoms with van der Waals surface area (Å²) in [5.74, 6) is 1.49. The zero-order valence-electron chi connectivity index (χ0n) is 19.0. The van der Waals surface area contributed by atoms with Crippen molar-refractivity contribution in [2.45, 2.75) is 13.2 Å². The number of benzene rings is 3. The SMILES string of the molecule is COc1cc(CN(C)C(=O)COc2ccc3ccc(=O)oc3c2)ccc1OCc1ccccc1. The van der Waals surface area contributed by atoms with Crippen molar-refractivity contribution >= 4 is 16.9 Å². The number of hydrogen-bond acceptors (Lipinski definition) is 6. The molecule has 0 radical (unpaired) electrons. The summed E-state index contributed by atoms with van der Waals surface area (Å²) < 4.78 is 22.1. The number of fused-ring (bicyclic) bond motifs is 1. The van der Waals surface area contributed by atoms with Gasteiger partial charge in [-0.2, -0.15) is 0 Å². The lowest BCUT2D eigenvalue weighted by Crippen LogP contribution is -2.30. The lowest BCUT2D eigenvalue weighted by Gasteiger charge is -2.19. The lowest BCUT2D eigenvalue weighted by atomic mass is 10.2. The van der Waals surface area contributed by atoms with Gasteiger partial charge in [0.25, 0.3) is 5.91 Å². The molecule has 7 heteroatoms. The van der Waals surface area contributed by atoms with Gasteiger partial charge in [-0.3, -0.25) is 4.79 Å². The zero-order chi connectivity index (χ0) is 23.9. The third kappa shape index (κ3) is 5.75. The summed E-state index contributed by atoms with van der Waals surface area (Å²) in [6.45, 7) is 0.670. The van der Waals surface area contributed by atoms with E-state index in [9.17, 15) is 9.59 Å². The number of ether oxygens (including phenoxy) is 3. The molecule has 0 aliphatic carbocycles. The molecule has 0 atom stereocenters. The van der Waals surface area contributed by atoms with Gasteiger partial charge in [0.2, 0.25) is 0 Å². The molecule has 3 aromatic carbocycles. The molecule has 0 bridgehead atoms. The molecule has 4 rings (SSSR count). The van der Waals surface area contributed by atoms with Crippen molar-refractivity contribution in [3.8, 4) is 17.2 Å². The van der Waals surface area contributed by atoms with E-state index >= 15 is 0 Å². The molecule has 0 N–H and O–H groups in total. The first kappa shape index (κ1) is 22.9. The molecule has 0 aliphatic heterocycles. The van der Waals surface area contributed by atoms with Crippen molar-refractivity contribution in [1.82, 2.24) is 4.90 Å². The normalized spacial score (nSPS) is 10.6. The summed E-state index contributed by atoms with van der Waals surface area (Å²) in [5, 5.41) is 0.778. The van der Waals surface area contributed by atoms with Gasteiger partial charge in [0.1, 0.15) is 17.9 Å². The minimum absolute atomic E-state index is 0.144. The Morgan fingerprint density at radius 1 is 0.882 bits per heavy atom. The van der Waals surface area contributed by atoms with Crippen molar-refractivity contribution < 1.29 is 23.4 Å². The third-order valence-electron chi connectivity index (χ3n) is 5.27. The van der Waals surface area contributed by atoms with Gasteiger partial charge in [0, 0.05) is 31.1 Å². The Labute approximate surface area is 197 Å². The van der Waals surface area contributed by atoms with Crippen LogP contribution in [-0.2, 0) is 17.9 Å². The fourth-order valence-corrected chi connectivity index (χ4v) is 3.41. The van der Waals surface area contributed by atoms with E-state index in [0.29, 0.717) is 36.0 Å². The van der Waals surface area contributed by atoms with E-state index in [2.05, 4.69) is 0 Å². The fourth-order valence-electron chi connectivity index (χ4n) is 3.41. The van der Waals surface area contributed by atoms with Crippen LogP contribution in [-0.4, -0.2) is 31.6 Å². The molecule has 0 saturated carbocycles. The second-order valence-electron chi connectivity index (χ2n) is 7.75. The van der Waals surface area contributed by atoms with Crippen LogP contribution < -0.4 is 19.8 Å². The third-order valence-corrected chi connectivity index (χ3v) is 5.27. The van der Waals surface area contributed by atoms with E-state index in [4.69, 9.17) is 18.6 Å². The molecule has 0 spiro atoms. The van der Waals surface area contributed by atoms with Crippen LogP contribution >= 0.6 is 0 Å². The predicted octanol–water partition coefficient (Wildman–Crippen LogP) is 4.42. The maximum absolute atomic E-state index is 12.6. The van der Waals surface area contributed by atoms with Crippen LogP contribution in [0.4, 0.5) is 0 Å². The second-order valence-corrected chi connectivity index (χ2v) is 7.75.